The third-order valence-corrected chi connectivity index (χ3v) is 5.62. The number of hydrogen-bond acceptors (Lipinski definition) is 6. The molecule has 7 nitrogen and oxygen atoms in total. The van der Waals surface area contributed by atoms with Crippen LogP contribution < -0.4 is 11.0 Å². The molecule has 0 amide bonds. The third-order valence-electron chi connectivity index (χ3n) is 4.58. The summed E-state index contributed by atoms with van der Waals surface area (Å²) in [5, 5.41) is 12.1. The molecule has 9 heteroatoms. The zero-order valence-corrected chi connectivity index (χ0v) is 17.6. The van der Waals surface area contributed by atoms with Crippen LogP contribution in [0.2, 0.25) is 0 Å². The van der Waals surface area contributed by atoms with Gasteiger partial charge in [-0.3, -0.25) is 19.5 Å². The first-order chi connectivity index (χ1) is 13.8. The SMILES string of the molecule is Bc1ccc2nc(SCc3ccc([N+](=O)[O-])cc3)n(CCCN(C)C)c(=O)c2c1. The molecule has 0 fully saturated rings. The third kappa shape index (κ3) is 5.24. The van der Waals surface area contributed by atoms with Crippen molar-refractivity contribution in [2.45, 2.75) is 23.9 Å². The minimum Gasteiger partial charge on any atom is -0.309 e. The van der Waals surface area contributed by atoms with E-state index < -0.39 is 4.92 Å². The summed E-state index contributed by atoms with van der Waals surface area (Å²) in [6, 6.07) is 12.2. The van der Waals surface area contributed by atoms with Gasteiger partial charge < -0.3 is 4.90 Å². The first-order valence-corrected chi connectivity index (χ1v) is 10.4. The Hall–Kier alpha value is -2.65. The van der Waals surface area contributed by atoms with Crippen LogP contribution in [0.1, 0.15) is 12.0 Å². The van der Waals surface area contributed by atoms with Crippen molar-refractivity contribution in [2.24, 2.45) is 0 Å². The number of fused-ring (bicyclic) bond motifs is 1. The number of non-ortho nitro benzene ring substituents is 1. The van der Waals surface area contributed by atoms with Crippen molar-refractivity contribution in [3.05, 3.63) is 68.5 Å². The maximum Gasteiger partial charge on any atom is 0.269 e. The van der Waals surface area contributed by atoms with Crippen molar-refractivity contribution in [3.63, 3.8) is 0 Å². The first kappa shape index (κ1) is 21.1. The number of benzene rings is 2. The highest BCUT2D eigenvalue weighted by molar-refractivity contribution is 7.98. The zero-order chi connectivity index (χ0) is 21.0. The lowest BCUT2D eigenvalue weighted by Gasteiger charge is -2.15. The van der Waals surface area contributed by atoms with Crippen molar-refractivity contribution in [2.75, 3.05) is 20.6 Å². The quantitative estimate of drug-likeness (QED) is 0.185. The largest absolute Gasteiger partial charge is 0.309 e. The lowest BCUT2D eigenvalue weighted by Crippen LogP contribution is -2.26. The number of thioether (sulfide) groups is 1. The van der Waals surface area contributed by atoms with Crippen molar-refractivity contribution in [3.8, 4) is 0 Å². The fourth-order valence-electron chi connectivity index (χ4n) is 3.03. The van der Waals surface area contributed by atoms with Crippen molar-refractivity contribution in [1.29, 1.82) is 0 Å². The highest BCUT2D eigenvalue weighted by atomic mass is 32.2. The molecular weight excluding hydrogens is 387 g/mol. The van der Waals surface area contributed by atoms with Gasteiger partial charge in [0.15, 0.2) is 5.16 Å². The fraction of sp³-hybridized carbons (Fsp3) is 0.300. The molecule has 0 unspecified atom stereocenters. The van der Waals surface area contributed by atoms with Crippen LogP contribution in [0.4, 0.5) is 5.69 Å². The van der Waals surface area contributed by atoms with Gasteiger partial charge in [0, 0.05) is 24.4 Å². The summed E-state index contributed by atoms with van der Waals surface area (Å²) in [5.74, 6) is 0.579. The van der Waals surface area contributed by atoms with Gasteiger partial charge in [-0.05, 0) is 38.7 Å². The van der Waals surface area contributed by atoms with E-state index in [4.69, 9.17) is 4.98 Å². The Balaban J connectivity index is 1.90. The molecule has 29 heavy (non-hydrogen) atoms. The van der Waals surface area contributed by atoms with E-state index in [-0.39, 0.29) is 11.2 Å². The number of aromatic nitrogens is 2. The van der Waals surface area contributed by atoms with Crippen molar-refractivity contribution < 1.29 is 4.92 Å². The van der Waals surface area contributed by atoms with E-state index in [1.807, 2.05) is 40.1 Å². The topological polar surface area (TPSA) is 81.3 Å². The van der Waals surface area contributed by atoms with Crippen LogP contribution in [-0.4, -0.2) is 47.9 Å². The van der Waals surface area contributed by atoms with Crippen molar-refractivity contribution >= 4 is 41.7 Å². The summed E-state index contributed by atoms with van der Waals surface area (Å²) < 4.78 is 1.75. The Morgan fingerprint density at radius 2 is 1.93 bits per heavy atom. The van der Waals surface area contributed by atoms with Gasteiger partial charge in [0.2, 0.25) is 0 Å². The Labute approximate surface area is 174 Å². The number of nitro groups is 1. The molecule has 0 aliphatic rings. The van der Waals surface area contributed by atoms with Crippen LogP contribution >= 0.6 is 11.8 Å². The molecule has 3 aromatic rings. The lowest BCUT2D eigenvalue weighted by atomic mass is 9.95. The monoisotopic (exact) mass is 410 g/mol. The van der Waals surface area contributed by atoms with Crippen LogP contribution in [0.25, 0.3) is 10.9 Å². The smallest absolute Gasteiger partial charge is 0.269 e. The molecule has 0 N–H and O–H groups in total. The molecule has 0 atom stereocenters. The molecule has 0 saturated carbocycles. The van der Waals surface area contributed by atoms with Gasteiger partial charge in [0.05, 0.1) is 15.8 Å². The molecule has 0 aliphatic carbocycles. The molecule has 1 heterocycles. The van der Waals surface area contributed by atoms with Gasteiger partial charge in [0.25, 0.3) is 11.2 Å². The van der Waals surface area contributed by atoms with Crippen LogP contribution in [0.15, 0.2) is 52.4 Å². The average molecular weight is 410 g/mol. The number of hydrogen-bond donors (Lipinski definition) is 0. The van der Waals surface area contributed by atoms with E-state index in [9.17, 15) is 14.9 Å². The second-order valence-electron chi connectivity index (χ2n) is 7.24. The van der Waals surface area contributed by atoms with E-state index in [0.29, 0.717) is 28.4 Å². The van der Waals surface area contributed by atoms with Gasteiger partial charge >= 0.3 is 0 Å². The molecule has 3 rings (SSSR count). The van der Waals surface area contributed by atoms with Gasteiger partial charge in [-0.15, -0.1) is 0 Å². The summed E-state index contributed by atoms with van der Waals surface area (Å²) in [6.45, 7) is 1.47. The molecule has 0 aliphatic heterocycles. The Morgan fingerprint density at radius 1 is 1.21 bits per heavy atom. The predicted molar refractivity (Wildman–Crippen MR) is 120 cm³/mol. The zero-order valence-electron chi connectivity index (χ0n) is 16.8. The number of nitrogens with zero attached hydrogens (tertiary/aromatic N) is 4. The maximum absolute atomic E-state index is 13.1. The summed E-state index contributed by atoms with van der Waals surface area (Å²) >= 11 is 1.47. The highest BCUT2D eigenvalue weighted by Gasteiger charge is 2.13. The van der Waals surface area contributed by atoms with E-state index in [1.165, 1.54) is 23.9 Å². The number of nitro benzene ring substituents is 1. The molecule has 0 bridgehead atoms. The normalized spacial score (nSPS) is 11.3. The summed E-state index contributed by atoms with van der Waals surface area (Å²) in [4.78, 5) is 30.4. The molecule has 0 spiro atoms. The van der Waals surface area contributed by atoms with Gasteiger partial charge in [-0.2, -0.15) is 0 Å². The Kier molecular flexibility index (Phi) is 6.71. The molecule has 2 aromatic carbocycles. The Morgan fingerprint density at radius 3 is 2.59 bits per heavy atom. The van der Waals surface area contributed by atoms with Gasteiger partial charge in [-0.25, -0.2) is 4.98 Å². The van der Waals surface area contributed by atoms with Gasteiger partial charge in [0.1, 0.15) is 7.85 Å². The summed E-state index contributed by atoms with van der Waals surface area (Å²) in [5.41, 5.74) is 2.71. The van der Waals surface area contributed by atoms with Crippen LogP contribution in [0.5, 0.6) is 0 Å². The predicted octanol–water partition coefficient (Wildman–Crippen LogP) is 1.81. The second-order valence-corrected chi connectivity index (χ2v) is 8.18. The van der Waals surface area contributed by atoms with E-state index >= 15 is 0 Å². The summed E-state index contributed by atoms with van der Waals surface area (Å²) in [7, 11) is 5.98. The standard InChI is InChI=1S/C20H23BN4O3S/c1-23(2)10-3-11-24-19(26)17-12-15(21)6-9-18(17)22-20(24)29-13-14-4-7-16(8-5-14)25(27)28/h4-9,12H,3,10-11,13,21H2,1-2H3. The van der Waals surface area contributed by atoms with E-state index in [1.54, 1.807) is 16.7 Å². The van der Waals surface area contributed by atoms with Crippen LogP contribution in [0.3, 0.4) is 0 Å². The molecule has 0 radical (unpaired) electrons. The van der Waals surface area contributed by atoms with E-state index in [0.717, 1.165) is 24.0 Å². The van der Waals surface area contributed by atoms with Crippen LogP contribution in [0, 0.1) is 10.1 Å². The lowest BCUT2D eigenvalue weighted by molar-refractivity contribution is -0.384. The molecule has 1 aromatic heterocycles. The molecule has 150 valence electrons. The van der Waals surface area contributed by atoms with E-state index in [2.05, 4.69) is 4.90 Å². The molecule has 0 saturated heterocycles. The minimum atomic E-state index is -0.411. The first-order valence-electron chi connectivity index (χ1n) is 9.37. The Bertz CT molecular complexity index is 1080. The second kappa shape index (κ2) is 9.24. The minimum absolute atomic E-state index is 0.0244. The maximum atomic E-state index is 13.1. The number of rotatable bonds is 8. The van der Waals surface area contributed by atoms with Crippen LogP contribution in [-0.2, 0) is 12.3 Å². The van der Waals surface area contributed by atoms with Crippen molar-refractivity contribution in [1.82, 2.24) is 14.5 Å². The average Bonchev–Trinajstić information content (AvgIpc) is 2.69. The highest BCUT2D eigenvalue weighted by Crippen LogP contribution is 2.23. The fourth-order valence-corrected chi connectivity index (χ4v) is 4.01. The summed E-state index contributed by atoms with van der Waals surface area (Å²) in [6.07, 6.45) is 0.844. The van der Waals surface area contributed by atoms with Gasteiger partial charge in [-0.1, -0.05) is 41.5 Å². The molecular formula is C20H23BN4O3S.